The maximum atomic E-state index is 10.2. The maximum Gasteiger partial charge on any atom is 0.112 e. The molecule has 5 nitrogen and oxygen atoms in total. The van der Waals surface area contributed by atoms with Crippen molar-refractivity contribution in [1.82, 2.24) is 0 Å². The summed E-state index contributed by atoms with van der Waals surface area (Å²) in [7, 11) is 0. The topological polar surface area (TPSA) is 90.2 Å². The molecule has 0 saturated heterocycles. The Hall–Kier alpha value is -1.76. The van der Waals surface area contributed by atoms with Gasteiger partial charge >= 0.3 is 0 Å². The number of hydrogen-bond acceptors (Lipinski definition) is 5. The molecule has 4 unspecified atom stereocenters. The van der Waals surface area contributed by atoms with Gasteiger partial charge in [-0.05, 0) is 25.0 Å². The SMILES string of the molecule is Cc1ccc(C(OC(c2ccc(C)cc2)C(O)CO)C(O)CO)cc1. The highest BCUT2D eigenvalue weighted by Gasteiger charge is 2.30. The van der Waals surface area contributed by atoms with E-state index in [9.17, 15) is 20.4 Å². The van der Waals surface area contributed by atoms with Gasteiger partial charge in [0.25, 0.3) is 0 Å². The molecule has 0 aliphatic heterocycles. The van der Waals surface area contributed by atoms with Crippen molar-refractivity contribution in [3.63, 3.8) is 0 Å². The minimum absolute atomic E-state index is 0.478. The van der Waals surface area contributed by atoms with Gasteiger partial charge in [-0.1, -0.05) is 59.7 Å². The molecule has 5 heteroatoms. The van der Waals surface area contributed by atoms with Crippen LogP contribution in [0.25, 0.3) is 0 Å². The molecule has 0 aliphatic carbocycles. The third kappa shape index (κ3) is 5.11. The fourth-order valence-corrected chi connectivity index (χ4v) is 2.64. The molecule has 2 aromatic rings. The van der Waals surface area contributed by atoms with Crippen molar-refractivity contribution >= 4 is 0 Å². The monoisotopic (exact) mass is 346 g/mol. The standard InChI is InChI=1S/C20H26O5/c1-13-3-7-15(8-4-13)19(17(23)11-21)25-20(18(24)12-22)16-9-5-14(2)6-10-16/h3-10,17-24H,11-12H2,1-2H3. The van der Waals surface area contributed by atoms with Crippen molar-refractivity contribution in [2.24, 2.45) is 0 Å². The Bertz CT molecular complexity index is 581. The first-order valence-electron chi connectivity index (χ1n) is 8.32. The van der Waals surface area contributed by atoms with E-state index in [0.29, 0.717) is 11.1 Å². The van der Waals surface area contributed by atoms with Crippen molar-refractivity contribution in [3.8, 4) is 0 Å². The minimum atomic E-state index is -1.15. The van der Waals surface area contributed by atoms with Gasteiger partial charge in [0.15, 0.2) is 0 Å². The van der Waals surface area contributed by atoms with Crippen LogP contribution in [0.2, 0.25) is 0 Å². The van der Waals surface area contributed by atoms with Gasteiger partial charge in [0, 0.05) is 0 Å². The molecule has 136 valence electrons. The Morgan fingerprint density at radius 3 is 1.28 bits per heavy atom. The third-order valence-electron chi connectivity index (χ3n) is 4.18. The summed E-state index contributed by atoms with van der Waals surface area (Å²) in [4.78, 5) is 0. The van der Waals surface area contributed by atoms with Gasteiger partial charge < -0.3 is 25.2 Å². The van der Waals surface area contributed by atoms with Crippen LogP contribution in [0.3, 0.4) is 0 Å². The van der Waals surface area contributed by atoms with Crippen LogP contribution in [0.1, 0.15) is 34.5 Å². The molecule has 0 heterocycles. The quantitative estimate of drug-likeness (QED) is 0.585. The Kier molecular flexibility index (Phi) is 7.11. The van der Waals surface area contributed by atoms with Crippen LogP contribution in [-0.2, 0) is 4.74 Å². The highest BCUT2D eigenvalue weighted by atomic mass is 16.5. The van der Waals surface area contributed by atoms with Crippen LogP contribution in [0.15, 0.2) is 48.5 Å². The maximum absolute atomic E-state index is 10.2. The lowest BCUT2D eigenvalue weighted by atomic mass is 10.00. The molecule has 4 N–H and O–H groups in total. The van der Waals surface area contributed by atoms with E-state index in [1.165, 1.54) is 0 Å². The van der Waals surface area contributed by atoms with E-state index < -0.39 is 37.6 Å². The van der Waals surface area contributed by atoms with Crippen molar-refractivity contribution in [2.45, 2.75) is 38.3 Å². The van der Waals surface area contributed by atoms with E-state index in [1.54, 1.807) is 0 Å². The number of ether oxygens (including phenoxy) is 1. The fourth-order valence-electron chi connectivity index (χ4n) is 2.64. The number of aliphatic hydroxyl groups is 4. The Balaban J connectivity index is 2.34. The molecule has 4 atom stereocenters. The largest absolute Gasteiger partial charge is 0.394 e. The van der Waals surface area contributed by atoms with Crippen LogP contribution < -0.4 is 0 Å². The van der Waals surface area contributed by atoms with Crippen LogP contribution in [-0.4, -0.2) is 45.8 Å². The summed E-state index contributed by atoms with van der Waals surface area (Å²) in [5.41, 5.74) is 3.50. The lowest BCUT2D eigenvalue weighted by Gasteiger charge is -2.30. The Morgan fingerprint density at radius 1 is 0.680 bits per heavy atom. The van der Waals surface area contributed by atoms with Crippen LogP contribution in [0.5, 0.6) is 0 Å². The van der Waals surface area contributed by atoms with Gasteiger partial charge in [0.2, 0.25) is 0 Å². The molecule has 2 rings (SSSR count). The summed E-state index contributed by atoms with van der Waals surface area (Å²) < 4.78 is 5.99. The smallest absolute Gasteiger partial charge is 0.112 e. The van der Waals surface area contributed by atoms with Crippen LogP contribution in [0, 0.1) is 13.8 Å². The second-order valence-corrected chi connectivity index (χ2v) is 6.30. The first-order chi connectivity index (χ1) is 12.0. The molecule has 0 radical (unpaired) electrons. The van der Waals surface area contributed by atoms with Gasteiger partial charge in [-0.15, -0.1) is 0 Å². The van der Waals surface area contributed by atoms with E-state index in [-0.39, 0.29) is 0 Å². The fraction of sp³-hybridized carbons (Fsp3) is 0.400. The highest BCUT2D eigenvalue weighted by Crippen LogP contribution is 2.32. The molecular formula is C20H26O5. The number of rotatable bonds is 8. The van der Waals surface area contributed by atoms with Gasteiger partial charge in [-0.25, -0.2) is 0 Å². The predicted octanol–water partition coefficient (Wildman–Crippen LogP) is 1.81. The van der Waals surface area contributed by atoms with Gasteiger partial charge in [0.1, 0.15) is 24.4 Å². The zero-order chi connectivity index (χ0) is 18.4. The summed E-state index contributed by atoms with van der Waals surface area (Å²) in [6, 6.07) is 14.8. The van der Waals surface area contributed by atoms with Crippen molar-refractivity contribution in [3.05, 3.63) is 70.8 Å². The number of aryl methyl sites for hydroxylation is 2. The van der Waals surface area contributed by atoms with E-state index >= 15 is 0 Å². The first kappa shape index (κ1) is 19.6. The summed E-state index contributed by atoms with van der Waals surface area (Å²) in [5.74, 6) is 0. The van der Waals surface area contributed by atoms with Gasteiger partial charge in [-0.2, -0.15) is 0 Å². The predicted molar refractivity (Wildman–Crippen MR) is 95.1 cm³/mol. The van der Waals surface area contributed by atoms with Gasteiger partial charge in [-0.3, -0.25) is 0 Å². The van der Waals surface area contributed by atoms with Crippen molar-refractivity contribution in [1.29, 1.82) is 0 Å². The molecule has 0 amide bonds. The lowest BCUT2D eigenvalue weighted by Crippen LogP contribution is -2.32. The first-order valence-corrected chi connectivity index (χ1v) is 8.32. The zero-order valence-corrected chi connectivity index (χ0v) is 14.5. The number of aliphatic hydroxyl groups excluding tert-OH is 4. The van der Waals surface area contributed by atoms with E-state index in [4.69, 9.17) is 4.74 Å². The highest BCUT2D eigenvalue weighted by molar-refractivity contribution is 5.26. The molecule has 0 saturated carbocycles. The molecule has 25 heavy (non-hydrogen) atoms. The molecule has 0 aromatic heterocycles. The lowest BCUT2D eigenvalue weighted by molar-refractivity contribution is -0.137. The summed E-state index contributed by atoms with van der Waals surface area (Å²) in [6.07, 6.45) is -3.97. The van der Waals surface area contributed by atoms with E-state index in [0.717, 1.165) is 11.1 Å². The number of hydrogen-bond donors (Lipinski definition) is 4. The molecule has 0 aliphatic rings. The van der Waals surface area contributed by atoms with E-state index in [2.05, 4.69) is 0 Å². The summed E-state index contributed by atoms with van der Waals surface area (Å²) >= 11 is 0. The van der Waals surface area contributed by atoms with Crippen molar-refractivity contribution in [2.75, 3.05) is 13.2 Å². The third-order valence-corrected chi connectivity index (χ3v) is 4.18. The minimum Gasteiger partial charge on any atom is -0.394 e. The average molecular weight is 346 g/mol. The summed E-state index contributed by atoms with van der Waals surface area (Å²) in [6.45, 7) is 2.95. The Labute approximate surface area is 148 Å². The molecule has 0 fully saturated rings. The van der Waals surface area contributed by atoms with E-state index in [1.807, 2.05) is 62.4 Å². The normalized spacial score (nSPS) is 16.2. The van der Waals surface area contributed by atoms with Gasteiger partial charge in [0.05, 0.1) is 13.2 Å². The second-order valence-electron chi connectivity index (χ2n) is 6.30. The molecule has 0 bridgehead atoms. The number of benzene rings is 2. The summed E-state index contributed by atoms with van der Waals surface area (Å²) in [5, 5.41) is 39.2. The molecule has 2 aromatic carbocycles. The van der Waals surface area contributed by atoms with Crippen LogP contribution >= 0.6 is 0 Å². The molecule has 0 spiro atoms. The van der Waals surface area contributed by atoms with Crippen molar-refractivity contribution < 1.29 is 25.2 Å². The van der Waals surface area contributed by atoms with Crippen LogP contribution in [0.4, 0.5) is 0 Å². The molecular weight excluding hydrogens is 320 g/mol. The second kappa shape index (κ2) is 9.08. The Morgan fingerprint density at radius 2 is 1.00 bits per heavy atom. The average Bonchev–Trinajstić information content (AvgIpc) is 2.63. The zero-order valence-electron chi connectivity index (χ0n) is 14.5.